The van der Waals surface area contributed by atoms with Crippen molar-refractivity contribution < 1.29 is 9.84 Å². The lowest BCUT2D eigenvalue weighted by Crippen LogP contribution is -2.08. The summed E-state index contributed by atoms with van der Waals surface area (Å²) in [4.78, 5) is 11.2. The molecule has 0 saturated carbocycles. The summed E-state index contributed by atoms with van der Waals surface area (Å²) in [5, 5.41) is 16.3. The largest absolute Gasteiger partial charge is 0.493 e. The summed E-state index contributed by atoms with van der Waals surface area (Å²) in [5.74, 6) is 0.653. The molecule has 0 amide bonds. The van der Waals surface area contributed by atoms with Gasteiger partial charge < -0.3 is 14.4 Å². The smallest absolute Gasteiger partial charge is 0.222 e. The molecule has 5 nitrogen and oxygen atoms in total. The second kappa shape index (κ2) is 7.04. The first-order valence-corrected chi connectivity index (χ1v) is 9.34. The minimum atomic E-state index is -0.136. The van der Waals surface area contributed by atoms with Gasteiger partial charge in [-0.1, -0.05) is 52.3 Å². The van der Waals surface area contributed by atoms with E-state index in [0.29, 0.717) is 18.5 Å². The van der Waals surface area contributed by atoms with Crippen molar-refractivity contribution in [3.63, 3.8) is 0 Å². The molecule has 27 heavy (non-hydrogen) atoms. The Balaban J connectivity index is 1.66. The number of ether oxygens (including phenoxy) is 1. The molecule has 0 aliphatic heterocycles. The quantitative estimate of drug-likeness (QED) is 0.396. The standard InChI is InChI=1S/C21H17BrN2O3/c1-13-11-15(22)12-17-19(23-26)21(25)24(20(13)17)9-10-27-18-8-4-6-14-5-2-3-7-16(14)18/h2-8,11-12,25H,9-10H2,1H3. The van der Waals surface area contributed by atoms with Crippen molar-refractivity contribution in [3.8, 4) is 11.6 Å². The van der Waals surface area contributed by atoms with Gasteiger partial charge in [0.1, 0.15) is 12.4 Å². The fourth-order valence-electron chi connectivity index (χ4n) is 3.50. The Morgan fingerprint density at radius 1 is 1.11 bits per heavy atom. The number of aromatic nitrogens is 1. The molecule has 0 atom stereocenters. The lowest BCUT2D eigenvalue weighted by Gasteiger charge is -2.12. The fraction of sp³-hybridized carbons (Fsp3) is 0.143. The number of nitrogens with zero attached hydrogens (tertiary/aromatic N) is 2. The van der Waals surface area contributed by atoms with Crippen LogP contribution in [0.15, 0.2) is 64.2 Å². The zero-order chi connectivity index (χ0) is 19.0. The van der Waals surface area contributed by atoms with Crippen molar-refractivity contribution in [3.05, 3.63) is 69.5 Å². The molecule has 0 radical (unpaired) electrons. The summed E-state index contributed by atoms with van der Waals surface area (Å²) >= 11 is 3.43. The third kappa shape index (κ3) is 3.06. The van der Waals surface area contributed by atoms with E-state index in [1.54, 1.807) is 10.6 Å². The van der Waals surface area contributed by atoms with Crippen LogP contribution in [0.1, 0.15) is 5.56 Å². The maximum atomic E-state index is 11.2. The molecular weight excluding hydrogens is 408 g/mol. The van der Waals surface area contributed by atoms with Gasteiger partial charge in [-0.2, -0.15) is 0 Å². The monoisotopic (exact) mass is 424 g/mol. The highest BCUT2D eigenvalue weighted by atomic mass is 79.9. The second-order valence-electron chi connectivity index (χ2n) is 6.36. The molecule has 4 aromatic rings. The molecule has 0 unspecified atom stereocenters. The Kier molecular flexibility index (Phi) is 4.58. The average molecular weight is 425 g/mol. The molecule has 1 N–H and O–H groups in total. The van der Waals surface area contributed by atoms with Crippen LogP contribution in [-0.2, 0) is 6.54 Å². The number of nitroso groups, excluding NO2 is 1. The van der Waals surface area contributed by atoms with Gasteiger partial charge in [0.2, 0.25) is 5.88 Å². The van der Waals surface area contributed by atoms with E-state index in [-0.39, 0.29) is 11.6 Å². The van der Waals surface area contributed by atoms with Crippen LogP contribution >= 0.6 is 15.9 Å². The third-order valence-corrected chi connectivity index (χ3v) is 5.13. The zero-order valence-corrected chi connectivity index (χ0v) is 16.2. The van der Waals surface area contributed by atoms with Crippen molar-refractivity contribution in [1.82, 2.24) is 4.57 Å². The molecule has 0 bridgehead atoms. The molecule has 4 rings (SSSR count). The average Bonchev–Trinajstić information content (AvgIpc) is 2.93. The Morgan fingerprint density at radius 2 is 1.89 bits per heavy atom. The van der Waals surface area contributed by atoms with Gasteiger partial charge in [-0.25, -0.2) is 0 Å². The summed E-state index contributed by atoms with van der Waals surface area (Å²) in [6.07, 6.45) is 0. The van der Waals surface area contributed by atoms with Gasteiger partial charge in [-0.05, 0) is 41.2 Å². The van der Waals surface area contributed by atoms with Crippen molar-refractivity contribution in [2.45, 2.75) is 13.5 Å². The van der Waals surface area contributed by atoms with Crippen LogP contribution in [0.5, 0.6) is 11.6 Å². The molecule has 0 aliphatic carbocycles. The van der Waals surface area contributed by atoms with Crippen LogP contribution in [0.4, 0.5) is 5.69 Å². The number of halogens is 1. The molecule has 3 aromatic carbocycles. The van der Waals surface area contributed by atoms with E-state index in [1.165, 1.54) is 0 Å². The molecule has 1 aromatic heterocycles. The van der Waals surface area contributed by atoms with Gasteiger partial charge in [0.25, 0.3) is 0 Å². The van der Waals surface area contributed by atoms with E-state index in [2.05, 4.69) is 21.1 Å². The number of aryl methyl sites for hydroxylation is 1. The summed E-state index contributed by atoms with van der Waals surface area (Å²) in [7, 11) is 0. The number of rotatable bonds is 5. The van der Waals surface area contributed by atoms with Gasteiger partial charge in [-0.15, -0.1) is 4.91 Å². The van der Waals surface area contributed by atoms with Gasteiger partial charge in [0.05, 0.1) is 12.1 Å². The maximum absolute atomic E-state index is 11.2. The Bertz CT molecular complexity index is 1160. The normalized spacial score (nSPS) is 11.2. The summed E-state index contributed by atoms with van der Waals surface area (Å²) in [6, 6.07) is 17.7. The molecule has 0 aliphatic rings. The van der Waals surface area contributed by atoms with E-state index in [4.69, 9.17) is 4.74 Å². The topological polar surface area (TPSA) is 63.8 Å². The first-order chi connectivity index (χ1) is 13.1. The minimum absolute atomic E-state index is 0.0551. The van der Waals surface area contributed by atoms with Crippen molar-refractivity contribution >= 4 is 43.3 Å². The zero-order valence-electron chi connectivity index (χ0n) is 14.6. The van der Waals surface area contributed by atoms with Crippen molar-refractivity contribution in [1.29, 1.82) is 0 Å². The number of benzene rings is 3. The van der Waals surface area contributed by atoms with Crippen molar-refractivity contribution in [2.75, 3.05) is 6.61 Å². The number of fused-ring (bicyclic) bond motifs is 2. The van der Waals surface area contributed by atoms with Gasteiger partial charge in [0, 0.05) is 15.2 Å². The molecule has 1 heterocycles. The highest BCUT2D eigenvalue weighted by Crippen LogP contribution is 2.41. The van der Waals surface area contributed by atoms with Crippen LogP contribution in [0, 0.1) is 11.8 Å². The van der Waals surface area contributed by atoms with Crippen LogP contribution in [0.3, 0.4) is 0 Å². The predicted molar refractivity (Wildman–Crippen MR) is 111 cm³/mol. The summed E-state index contributed by atoms with van der Waals surface area (Å²) < 4.78 is 8.50. The molecule has 136 valence electrons. The SMILES string of the molecule is Cc1cc(Br)cc2c(N=O)c(O)n(CCOc3cccc4ccccc34)c12. The van der Waals surface area contributed by atoms with E-state index >= 15 is 0 Å². The van der Waals surface area contributed by atoms with Gasteiger partial charge in [0.15, 0.2) is 5.69 Å². The van der Waals surface area contributed by atoms with Gasteiger partial charge >= 0.3 is 0 Å². The molecule has 0 fully saturated rings. The molecule has 0 spiro atoms. The maximum Gasteiger partial charge on any atom is 0.222 e. The van der Waals surface area contributed by atoms with E-state index in [9.17, 15) is 10.0 Å². The fourth-order valence-corrected chi connectivity index (χ4v) is 4.08. The number of hydrogen-bond donors (Lipinski definition) is 1. The van der Waals surface area contributed by atoms with E-state index < -0.39 is 0 Å². The van der Waals surface area contributed by atoms with Crippen LogP contribution in [-0.4, -0.2) is 16.3 Å². The molecule has 0 saturated heterocycles. The summed E-state index contributed by atoms with van der Waals surface area (Å²) in [5.41, 5.74) is 1.78. The van der Waals surface area contributed by atoms with Crippen LogP contribution in [0.2, 0.25) is 0 Å². The lowest BCUT2D eigenvalue weighted by molar-refractivity contribution is 0.293. The van der Waals surface area contributed by atoms with E-state index in [0.717, 1.165) is 32.1 Å². The van der Waals surface area contributed by atoms with Gasteiger partial charge in [-0.3, -0.25) is 0 Å². The lowest BCUT2D eigenvalue weighted by atomic mass is 10.1. The van der Waals surface area contributed by atoms with Crippen LogP contribution < -0.4 is 4.74 Å². The number of aromatic hydroxyl groups is 1. The molecular formula is C21H17BrN2O3. The number of hydrogen-bond acceptors (Lipinski definition) is 4. The second-order valence-corrected chi connectivity index (χ2v) is 7.28. The summed E-state index contributed by atoms with van der Waals surface area (Å²) in [6.45, 7) is 2.67. The Morgan fingerprint density at radius 3 is 2.70 bits per heavy atom. The highest BCUT2D eigenvalue weighted by Gasteiger charge is 2.19. The van der Waals surface area contributed by atoms with Crippen LogP contribution in [0.25, 0.3) is 21.7 Å². The highest BCUT2D eigenvalue weighted by molar-refractivity contribution is 9.10. The predicted octanol–water partition coefficient (Wildman–Crippen LogP) is 6.05. The Hall–Kier alpha value is -2.86. The minimum Gasteiger partial charge on any atom is -0.493 e. The Labute approximate surface area is 164 Å². The molecule has 6 heteroatoms. The first kappa shape index (κ1) is 17.5. The first-order valence-electron chi connectivity index (χ1n) is 8.55. The third-order valence-electron chi connectivity index (χ3n) is 4.67. The van der Waals surface area contributed by atoms with E-state index in [1.807, 2.05) is 55.5 Å². The van der Waals surface area contributed by atoms with Crippen molar-refractivity contribution in [2.24, 2.45) is 5.18 Å².